The van der Waals surface area contributed by atoms with Gasteiger partial charge in [-0.15, -0.1) is 0 Å². The Hall–Kier alpha value is -1.03. The number of nitrogens with zero attached hydrogens (tertiary/aromatic N) is 2. The van der Waals surface area contributed by atoms with Gasteiger partial charge < -0.3 is 9.88 Å². The van der Waals surface area contributed by atoms with Gasteiger partial charge in [-0.3, -0.25) is 0 Å². The molecule has 88 valence electrons. The minimum Gasteiger partial charge on any atom is -0.325 e. The summed E-state index contributed by atoms with van der Waals surface area (Å²) in [5.41, 5.74) is 1.95. The van der Waals surface area contributed by atoms with Crippen LogP contribution in [0.2, 0.25) is 10.0 Å². The number of halogens is 2. The van der Waals surface area contributed by atoms with Crippen LogP contribution in [0.3, 0.4) is 0 Å². The summed E-state index contributed by atoms with van der Waals surface area (Å²) in [6.07, 6.45) is 3.67. The Morgan fingerprint density at radius 1 is 1.29 bits per heavy atom. The quantitative estimate of drug-likeness (QED) is 0.907. The molecule has 0 radical (unpaired) electrons. The fraction of sp³-hybridized carbons (Fsp3) is 0.250. The lowest BCUT2D eigenvalue weighted by atomic mass is 10.1. The minimum atomic E-state index is 0.461. The molecule has 1 aliphatic heterocycles. The van der Waals surface area contributed by atoms with E-state index in [1.54, 1.807) is 6.07 Å². The van der Waals surface area contributed by atoms with Crippen molar-refractivity contribution in [3.8, 4) is 11.3 Å². The molecule has 17 heavy (non-hydrogen) atoms. The van der Waals surface area contributed by atoms with Crippen LogP contribution in [0.4, 0.5) is 0 Å². The Morgan fingerprint density at radius 3 is 2.82 bits per heavy atom. The summed E-state index contributed by atoms with van der Waals surface area (Å²) >= 11 is 12.2. The van der Waals surface area contributed by atoms with Crippen LogP contribution in [0, 0.1) is 0 Å². The van der Waals surface area contributed by atoms with Crippen LogP contribution in [0.15, 0.2) is 30.7 Å². The zero-order valence-electron chi connectivity index (χ0n) is 9.03. The Labute approximate surface area is 109 Å². The predicted molar refractivity (Wildman–Crippen MR) is 69.6 cm³/mol. The molecule has 5 heteroatoms. The van der Waals surface area contributed by atoms with Gasteiger partial charge in [-0.25, -0.2) is 4.98 Å². The lowest BCUT2D eigenvalue weighted by molar-refractivity contribution is 0.346. The van der Waals surface area contributed by atoms with E-state index in [2.05, 4.69) is 14.9 Å². The van der Waals surface area contributed by atoms with Crippen molar-refractivity contribution in [2.24, 2.45) is 0 Å². The molecule has 3 nitrogen and oxygen atoms in total. The van der Waals surface area contributed by atoms with E-state index in [0.29, 0.717) is 16.1 Å². The van der Waals surface area contributed by atoms with E-state index >= 15 is 0 Å². The summed E-state index contributed by atoms with van der Waals surface area (Å²) < 4.78 is 2.15. The third-order valence-electron chi connectivity index (χ3n) is 3.02. The second-order valence-electron chi connectivity index (χ2n) is 4.12. The Balaban J connectivity index is 2.08. The van der Waals surface area contributed by atoms with Gasteiger partial charge in [-0.05, 0) is 18.2 Å². The maximum atomic E-state index is 6.21. The molecule has 0 saturated carbocycles. The van der Waals surface area contributed by atoms with Gasteiger partial charge in [0.2, 0.25) is 0 Å². The van der Waals surface area contributed by atoms with Gasteiger partial charge in [0.1, 0.15) is 0 Å². The summed E-state index contributed by atoms with van der Waals surface area (Å²) in [6, 6.07) is 5.94. The zero-order chi connectivity index (χ0) is 11.8. The minimum absolute atomic E-state index is 0.461. The summed E-state index contributed by atoms with van der Waals surface area (Å²) in [6.45, 7) is 1.95. The van der Waals surface area contributed by atoms with E-state index in [1.165, 1.54) is 0 Å². The number of rotatable bonds is 2. The van der Waals surface area contributed by atoms with E-state index in [0.717, 1.165) is 24.3 Å². The number of imidazole rings is 1. The van der Waals surface area contributed by atoms with Crippen LogP contribution in [0.5, 0.6) is 0 Å². The van der Waals surface area contributed by atoms with E-state index in [4.69, 9.17) is 23.2 Å². The van der Waals surface area contributed by atoms with Crippen molar-refractivity contribution in [1.29, 1.82) is 0 Å². The van der Waals surface area contributed by atoms with Crippen LogP contribution >= 0.6 is 23.2 Å². The second-order valence-corrected chi connectivity index (χ2v) is 4.97. The molecule has 1 fully saturated rings. The topological polar surface area (TPSA) is 29.9 Å². The highest BCUT2D eigenvalue weighted by molar-refractivity contribution is 6.35. The first-order chi connectivity index (χ1) is 8.25. The fourth-order valence-electron chi connectivity index (χ4n) is 1.97. The summed E-state index contributed by atoms with van der Waals surface area (Å²) in [5, 5.41) is 4.63. The molecule has 2 aromatic rings. The lowest BCUT2D eigenvalue weighted by Gasteiger charge is -2.30. The predicted octanol–water partition coefficient (Wildman–Crippen LogP) is 3.00. The van der Waals surface area contributed by atoms with E-state index in [-0.39, 0.29) is 0 Å². The smallest absolute Gasteiger partial charge is 0.0954 e. The molecule has 3 rings (SSSR count). The monoisotopic (exact) mass is 267 g/mol. The molecular weight excluding hydrogens is 257 g/mol. The van der Waals surface area contributed by atoms with Gasteiger partial charge in [0.15, 0.2) is 0 Å². The standard InChI is InChI=1S/C12H11Cl2N3/c13-8-1-2-11(14)10(3-8)12-6-16-7-17(12)9-4-15-5-9/h1-3,6-7,9,15H,4-5H2. The molecule has 0 aliphatic carbocycles. The highest BCUT2D eigenvalue weighted by atomic mass is 35.5. The molecule has 0 spiro atoms. The third-order valence-corrected chi connectivity index (χ3v) is 3.59. The molecule has 1 aliphatic rings. The molecule has 2 heterocycles. The molecular formula is C12H11Cl2N3. The van der Waals surface area contributed by atoms with E-state index in [1.807, 2.05) is 24.7 Å². The van der Waals surface area contributed by atoms with Gasteiger partial charge in [0, 0.05) is 23.7 Å². The van der Waals surface area contributed by atoms with Crippen LogP contribution in [0.1, 0.15) is 6.04 Å². The maximum Gasteiger partial charge on any atom is 0.0954 e. The van der Waals surface area contributed by atoms with Gasteiger partial charge in [-0.1, -0.05) is 23.2 Å². The normalized spacial score (nSPS) is 15.9. The average Bonchev–Trinajstić information content (AvgIpc) is 2.68. The Kier molecular flexibility index (Phi) is 2.82. The Bertz CT molecular complexity index is 546. The van der Waals surface area contributed by atoms with E-state index < -0.39 is 0 Å². The van der Waals surface area contributed by atoms with Crippen LogP contribution in [-0.2, 0) is 0 Å². The summed E-state index contributed by atoms with van der Waals surface area (Å²) in [7, 11) is 0. The Morgan fingerprint density at radius 2 is 2.12 bits per heavy atom. The van der Waals surface area contributed by atoms with Crippen molar-refractivity contribution < 1.29 is 0 Å². The SMILES string of the molecule is Clc1ccc(Cl)c(-c2cncn2C2CNC2)c1. The van der Waals surface area contributed by atoms with Crippen molar-refractivity contribution in [3.63, 3.8) is 0 Å². The molecule has 1 aromatic carbocycles. The van der Waals surface area contributed by atoms with Gasteiger partial charge in [-0.2, -0.15) is 0 Å². The first-order valence-corrected chi connectivity index (χ1v) is 6.19. The zero-order valence-corrected chi connectivity index (χ0v) is 10.5. The molecule has 1 saturated heterocycles. The third kappa shape index (κ3) is 1.95. The van der Waals surface area contributed by atoms with Crippen molar-refractivity contribution in [2.45, 2.75) is 6.04 Å². The van der Waals surface area contributed by atoms with Crippen LogP contribution in [0.25, 0.3) is 11.3 Å². The summed E-state index contributed by atoms with van der Waals surface area (Å²) in [4.78, 5) is 4.21. The van der Waals surface area contributed by atoms with Crippen molar-refractivity contribution in [3.05, 3.63) is 40.8 Å². The highest BCUT2D eigenvalue weighted by Crippen LogP contribution is 2.32. The van der Waals surface area contributed by atoms with E-state index in [9.17, 15) is 0 Å². The molecule has 0 atom stereocenters. The number of nitrogens with one attached hydrogen (secondary N) is 1. The molecule has 1 aromatic heterocycles. The van der Waals surface area contributed by atoms with Gasteiger partial charge in [0.05, 0.1) is 29.3 Å². The molecule has 0 bridgehead atoms. The lowest BCUT2D eigenvalue weighted by Crippen LogP contribution is -2.43. The fourth-order valence-corrected chi connectivity index (χ4v) is 2.35. The molecule has 0 amide bonds. The van der Waals surface area contributed by atoms with Crippen molar-refractivity contribution >= 4 is 23.2 Å². The number of hydrogen-bond acceptors (Lipinski definition) is 2. The van der Waals surface area contributed by atoms with Gasteiger partial charge >= 0.3 is 0 Å². The van der Waals surface area contributed by atoms with Crippen LogP contribution < -0.4 is 5.32 Å². The largest absolute Gasteiger partial charge is 0.325 e. The summed E-state index contributed by atoms with van der Waals surface area (Å²) in [5.74, 6) is 0. The average molecular weight is 268 g/mol. The first kappa shape index (κ1) is 11.1. The van der Waals surface area contributed by atoms with Crippen molar-refractivity contribution in [2.75, 3.05) is 13.1 Å². The van der Waals surface area contributed by atoms with Crippen molar-refractivity contribution in [1.82, 2.24) is 14.9 Å². The first-order valence-electron chi connectivity index (χ1n) is 5.43. The number of benzene rings is 1. The number of hydrogen-bond donors (Lipinski definition) is 1. The maximum absolute atomic E-state index is 6.21. The number of aromatic nitrogens is 2. The molecule has 0 unspecified atom stereocenters. The van der Waals surface area contributed by atoms with Gasteiger partial charge in [0.25, 0.3) is 0 Å². The molecule has 1 N–H and O–H groups in total. The second kappa shape index (κ2) is 4.33. The highest BCUT2D eigenvalue weighted by Gasteiger charge is 2.22. The van der Waals surface area contributed by atoms with Crippen LogP contribution in [-0.4, -0.2) is 22.6 Å².